The molecule has 0 unspecified atom stereocenters. The standard InChI is InChI=1S/C16H23NS/c1-2-14(10-16(3-1)15-4-5-15)12-17-11-13-6-8-18-9-7-13/h1-3,10,13,15,17H,4-9,11-12H2. The van der Waals surface area contributed by atoms with Crippen molar-refractivity contribution in [1.82, 2.24) is 5.32 Å². The Hall–Kier alpha value is -0.470. The van der Waals surface area contributed by atoms with Crippen molar-refractivity contribution < 1.29 is 0 Å². The molecule has 1 saturated carbocycles. The zero-order chi connectivity index (χ0) is 12.2. The number of benzene rings is 1. The molecule has 98 valence electrons. The first-order chi connectivity index (χ1) is 8.92. The molecular formula is C16H23NS. The number of nitrogens with one attached hydrogen (secondary N) is 1. The van der Waals surface area contributed by atoms with Gasteiger partial charge in [-0.25, -0.2) is 0 Å². The summed E-state index contributed by atoms with van der Waals surface area (Å²) in [7, 11) is 0. The van der Waals surface area contributed by atoms with Crippen LogP contribution in [0.1, 0.15) is 42.7 Å². The number of hydrogen-bond acceptors (Lipinski definition) is 2. The summed E-state index contributed by atoms with van der Waals surface area (Å²) < 4.78 is 0. The average molecular weight is 261 g/mol. The highest BCUT2D eigenvalue weighted by molar-refractivity contribution is 7.99. The second-order valence-corrected chi connectivity index (χ2v) is 6.93. The van der Waals surface area contributed by atoms with E-state index in [-0.39, 0.29) is 0 Å². The Bertz CT molecular complexity index is 380. The first-order valence-electron chi connectivity index (χ1n) is 7.29. The zero-order valence-electron chi connectivity index (χ0n) is 11.0. The van der Waals surface area contributed by atoms with E-state index in [2.05, 4.69) is 41.3 Å². The molecule has 1 aliphatic carbocycles. The maximum atomic E-state index is 3.65. The Morgan fingerprint density at radius 1 is 1.11 bits per heavy atom. The molecule has 0 atom stereocenters. The molecule has 1 aromatic carbocycles. The van der Waals surface area contributed by atoms with Gasteiger partial charge in [0.15, 0.2) is 0 Å². The van der Waals surface area contributed by atoms with Gasteiger partial charge in [0, 0.05) is 6.54 Å². The van der Waals surface area contributed by atoms with Gasteiger partial charge in [-0.2, -0.15) is 11.8 Å². The summed E-state index contributed by atoms with van der Waals surface area (Å²) in [6.45, 7) is 2.25. The molecule has 3 rings (SSSR count). The van der Waals surface area contributed by atoms with E-state index in [0.29, 0.717) is 0 Å². The van der Waals surface area contributed by atoms with Crippen LogP contribution >= 0.6 is 11.8 Å². The third-order valence-electron chi connectivity index (χ3n) is 4.10. The highest BCUT2D eigenvalue weighted by Crippen LogP contribution is 2.40. The van der Waals surface area contributed by atoms with Crippen LogP contribution in [0.2, 0.25) is 0 Å². The summed E-state index contributed by atoms with van der Waals surface area (Å²) in [6, 6.07) is 9.18. The molecule has 0 spiro atoms. The SMILES string of the molecule is c1cc(CNCC2CCSCC2)cc(C2CC2)c1. The molecule has 1 nitrogen and oxygen atoms in total. The predicted molar refractivity (Wildman–Crippen MR) is 80.2 cm³/mol. The molecule has 18 heavy (non-hydrogen) atoms. The highest BCUT2D eigenvalue weighted by atomic mass is 32.2. The minimum Gasteiger partial charge on any atom is -0.312 e. The molecule has 0 amide bonds. The summed E-state index contributed by atoms with van der Waals surface area (Å²) in [4.78, 5) is 0. The van der Waals surface area contributed by atoms with Crippen molar-refractivity contribution >= 4 is 11.8 Å². The number of hydrogen-bond donors (Lipinski definition) is 1. The molecule has 1 N–H and O–H groups in total. The second kappa shape index (κ2) is 6.12. The summed E-state index contributed by atoms with van der Waals surface area (Å²) in [6.07, 6.45) is 5.60. The Morgan fingerprint density at radius 2 is 1.94 bits per heavy atom. The van der Waals surface area contributed by atoms with Crippen molar-refractivity contribution in [3.63, 3.8) is 0 Å². The second-order valence-electron chi connectivity index (χ2n) is 5.71. The quantitative estimate of drug-likeness (QED) is 0.865. The van der Waals surface area contributed by atoms with E-state index in [9.17, 15) is 0 Å². The predicted octanol–water partition coefficient (Wildman–Crippen LogP) is 3.80. The lowest BCUT2D eigenvalue weighted by Gasteiger charge is -2.21. The Kier molecular flexibility index (Phi) is 4.27. The molecule has 1 aliphatic heterocycles. The third kappa shape index (κ3) is 3.52. The van der Waals surface area contributed by atoms with Crippen LogP contribution in [-0.4, -0.2) is 18.1 Å². The fourth-order valence-corrected chi connectivity index (χ4v) is 3.95. The van der Waals surface area contributed by atoms with Crippen molar-refractivity contribution in [1.29, 1.82) is 0 Å². The van der Waals surface area contributed by atoms with Gasteiger partial charge in [-0.3, -0.25) is 0 Å². The third-order valence-corrected chi connectivity index (χ3v) is 5.15. The lowest BCUT2D eigenvalue weighted by molar-refractivity contribution is 0.447. The van der Waals surface area contributed by atoms with Gasteiger partial charge in [0.05, 0.1) is 0 Å². The van der Waals surface area contributed by atoms with Crippen LogP contribution in [0.25, 0.3) is 0 Å². The normalized spacial score (nSPS) is 21.1. The van der Waals surface area contributed by atoms with E-state index >= 15 is 0 Å². The van der Waals surface area contributed by atoms with Crippen LogP contribution in [0.3, 0.4) is 0 Å². The minimum atomic E-state index is 0.875. The van der Waals surface area contributed by atoms with Crippen LogP contribution in [0.5, 0.6) is 0 Å². The van der Waals surface area contributed by atoms with E-state index in [1.54, 1.807) is 5.56 Å². The molecule has 1 aromatic rings. The summed E-state index contributed by atoms with van der Waals surface area (Å²) in [5.41, 5.74) is 3.02. The Balaban J connectivity index is 1.45. The molecule has 0 aromatic heterocycles. The van der Waals surface area contributed by atoms with Crippen LogP contribution < -0.4 is 5.32 Å². The van der Waals surface area contributed by atoms with Crippen LogP contribution in [0.15, 0.2) is 24.3 Å². The van der Waals surface area contributed by atoms with Crippen molar-refractivity contribution in [3.8, 4) is 0 Å². The molecular weight excluding hydrogens is 238 g/mol. The average Bonchev–Trinajstić information content (AvgIpc) is 3.25. The van der Waals surface area contributed by atoms with E-state index in [1.165, 1.54) is 49.3 Å². The number of rotatable bonds is 5. The highest BCUT2D eigenvalue weighted by Gasteiger charge is 2.23. The van der Waals surface area contributed by atoms with Gasteiger partial charge in [0.25, 0.3) is 0 Å². The fourth-order valence-electron chi connectivity index (χ4n) is 2.74. The maximum Gasteiger partial charge on any atom is 0.0205 e. The van der Waals surface area contributed by atoms with Crippen LogP contribution in [-0.2, 0) is 6.54 Å². The first-order valence-corrected chi connectivity index (χ1v) is 8.44. The van der Waals surface area contributed by atoms with E-state index in [0.717, 1.165) is 18.4 Å². The van der Waals surface area contributed by atoms with Gasteiger partial charge in [0.2, 0.25) is 0 Å². The van der Waals surface area contributed by atoms with Crippen molar-refractivity contribution in [3.05, 3.63) is 35.4 Å². The zero-order valence-corrected chi connectivity index (χ0v) is 11.8. The lowest BCUT2D eigenvalue weighted by atomic mass is 10.0. The lowest BCUT2D eigenvalue weighted by Crippen LogP contribution is -2.25. The summed E-state index contributed by atoms with van der Waals surface area (Å²) >= 11 is 2.11. The molecule has 2 fully saturated rings. The largest absolute Gasteiger partial charge is 0.312 e. The van der Waals surface area contributed by atoms with Crippen molar-refractivity contribution in [2.24, 2.45) is 5.92 Å². The van der Waals surface area contributed by atoms with Crippen molar-refractivity contribution in [2.45, 2.75) is 38.1 Å². The number of thioether (sulfide) groups is 1. The molecule has 0 radical (unpaired) electrons. The monoisotopic (exact) mass is 261 g/mol. The summed E-state index contributed by atoms with van der Waals surface area (Å²) in [5, 5.41) is 3.65. The van der Waals surface area contributed by atoms with Gasteiger partial charge in [-0.1, -0.05) is 24.3 Å². The topological polar surface area (TPSA) is 12.0 Å². The van der Waals surface area contributed by atoms with Crippen LogP contribution in [0.4, 0.5) is 0 Å². The first kappa shape index (κ1) is 12.6. The van der Waals surface area contributed by atoms with Gasteiger partial charge in [-0.15, -0.1) is 0 Å². The molecule has 1 heterocycles. The van der Waals surface area contributed by atoms with E-state index < -0.39 is 0 Å². The van der Waals surface area contributed by atoms with Crippen LogP contribution in [0, 0.1) is 5.92 Å². The minimum absolute atomic E-state index is 0.875. The van der Waals surface area contributed by atoms with E-state index in [4.69, 9.17) is 0 Å². The van der Waals surface area contributed by atoms with Gasteiger partial charge < -0.3 is 5.32 Å². The van der Waals surface area contributed by atoms with Gasteiger partial charge in [-0.05, 0) is 66.7 Å². The van der Waals surface area contributed by atoms with Gasteiger partial charge in [0.1, 0.15) is 0 Å². The van der Waals surface area contributed by atoms with E-state index in [1.807, 2.05) is 0 Å². The molecule has 2 heteroatoms. The Morgan fingerprint density at radius 3 is 2.72 bits per heavy atom. The molecule has 0 bridgehead atoms. The van der Waals surface area contributed by atoms with Crippen molar-refractivity contribution in [2.75, 3.05) is 18.1 Å². The molecule has 2 aliphatic rings. The molecule has 1 saturated heterocycles. The Labute approximate surface area is 115 Å². The summed E-state index contributed by atoms with van der Waals surface area (Å²) in [5.74, 6) is 4.52. The smallest absolute Gasteiger partial charge is 0.0205 e. The maximum absolute atomic E-state index is 3.65. The fraction of sp³-hybridized carbons (Fsp3) is 0.625. The van der Waals surface area contributed by atoms with Gasteiger partial charge >= 0.3 is 0 Å².